The van der Waals surface area contributed by atoms with Crippen molar-refractivity contribution in [2.45, 2.75) is 0 Å². The first-order valence-electron chi connectivity index (χ1n) is 7.79. The molecule has 0 radical (unpaired) electrons. The highest BCUT2D eigenvalue weighted by molar-refractivity contribution is 5.91. The summed E-state index contributed by atoms with van der Waals surface area (Å²) >= 11 is 0. The van der Waals surface area contributed by atoms with Crippen molar-refractivity contribution < 1.29 is 0 Å². The summed E-state index contributed by atoms with van der Waals surface area (Å²) in [5, 5.41) is 7.63. The molecule has 5 heteroatoms. The molecule has 4 rings (SSSR count). The molecule has 1 aromatic heterocycles. The van der Waals surface area contributed by atoms with Crippen molar-refractivity contribution in [3.63, 3.8) is 0 Å². The Labute approximate surface area is 152 Å². The second-order valence-corrected chi connectivity index (χ2v) is 5.40. The molecule has 0 saturated heterocycles. The number of nitrogens with zero attached hydrogens (tertiary/aromatic N) is 2. The zero-order chi connectivity index (χ0) is 16.2. The van der Waals surface area contributed by atoms with Crippen LogP contribution in [0.4, 0.5) is 23.1 Å². The highest BCUT2D eigenvalue weighted by Gasteiger charge is 2.08. The third-order valence-corrected chi connectivity index (χ3v) is 3.67. The first kappa shape index (κ1) is 16.7. The lowest BCUT2D eigenvalue weighted by molar-refractivity contribution is 1.21. The average molecular weight is 349 g/mol. The third kappa shape index (κ3) is 3.87. The fraction of sp³-hybridized carbons (Fsp3) is 0. The maximum Gasteiger partial charge on any atom is 0.229 e. The van der Waals surface area contributed by atoms with E-state index in [1.54, 1.807) is 0 Å². The number of hydrogen-bond acceptors (Lipinski definition) is 4. The molecule has 4 aromatic rings. The molecule has 0 aliphatic rings. The second-order valence-electron chi connectivity index (χ2n) is 5.40. The van der Waals surface area contributed by atoms with E-state index in [0.717, 1.165) is 28.1 Å². The van der Waals surface area contributed by atoms with Gasteiger partial charge in [0.05, 0.1) is 5.52 Å². The van der Waals surface area contributed by atoms with Crippen molar-refractivity contribution in [1.29, 1.82) is 0 Å². The molecule has 0 saturated carbocycles. The second kappa shape index (κ2) is 7.64. The zero-order valence-electron chi connectivity index (χ0n) is 13.4. The van der Waals surface area contributed by atoms with Gasteiger partial charge in [0.25, 0.3) is 0 Å². The summed E-state index contributed by atoms with van der Waals surface area (Å²) in [6, 6.07) is 27.9. The van der Waals surface area contributed by atoms with Gasteiger partial charge in [-0.15, -0.1) is 12.4 Å². The summed E-state index contributed by atoms with van der Waals surface area (Å²) in [4.78, 5) is 9.27. The van der Waals surface area contributed by atoms with Gasteiger partial charge in [0.1, 0.15) is 5.82 Å². The highest BCUT2D eigenvalue weighted by Crippen LogP contribution is 2.26. The van der Waals surface area contributed by atoms with Crippen LogP contribution in [0.2, 0.25) is 0 Å². The van der Waals surface area contributed by atoms with Crippen molar-refractivity contribution in [1.82, 2.24) is 9.97 Å². The van der Waals surface area contributed by atoms with Gasteiger partial charge in [0.2, 0.25) is 5.95 Å². The van der Waals surface area contributed by atoms with Gasteiger partial charge in [-0.25, -0.2) is 4.98 Å². The van der Waals surface area contributed by atoms with Gasteiger partial charge in [-0.3, -0.25) is 0 Å². The van der Waals surface area contributed by atoms with Crippen LogP contribution in [0.1, 0.15) is 0 Å². The lowest BCUT2D eigenvalue weighted by Gasteiger charge is -2.12. The number of hydrogen-bond donors (Lipinski definition) is 2. The molecule has 0 fully saturated rings. The van der Waals surface area contributed by atoms with Crippen molar-refractivity contribution in [3.8, 4) is 0 Å². The Hall–Kier alpha value is -3.11. The van der Waals surface area contributed by atoms with Crippen LogP contribution in [-0.4, -0.2) is 9.97 Å². The first-order valence-corrected chi connectivity index (χ1v) is 7.79. The predicted octanol–water partition coefficient (Wildman–Crippen LogP) is 5.54. The molecule has 0 aliphatic carbocycles. The summed E-state index contributed by atoms with van der Waals surface area (Å²) in [7, 11) is 0. The first-order chi connectivity index (χ1) is 11.9. The van der Waals surface area contributed by atoms with Crippen LogP contribution in [0.5, 0.6) is 0 Å². The molecule has 0 spiro atoms. The lowest BCUT2D eigenvalue weighted by Crippen LogP contribution is -2.02. The molecule has 2 N–H and O–H groups in total. The van der Waals surface area contributed by atoms with Crippen LogP contribution < -0.4 is 10.6 Å². The Morgan fingerprint density at radius 2 is 1.12 bits per heavy atom. The van der Waals surface area contributed by atoms with E-state index in [0.29, 0.717) is 5.95 Å². The minimum Gasteiger partial charge on any atom is -0.340 e. The molecular formula is C20H17ClN4. The Morgan fingerprint density at radius 3 is 1.80 bits per heavy atom. The Kier molecular flexibility index (Phi) is 5.11. The highest BCUT2D eigenvalue weighted by atomic mass is 35.5. The summed E-state index contributed by atoms with van der Waals surface area (Å²) in [5.74, 6) is 1.35. The van der Waals surface area contributed by atoms with Gasteiger partial charge < -0.3 is 10.6 Å². The number of benzene rings is 3. The zero-order valence-corrected chi connectivity index (χ0v) is 14.2. The molecule has 25 heavy (non-hydrogen) atoms. The minimum atomic E-state index is 0. The van der Waals surface area contributed by atoms with Gasteiger partial charge in [-0.1, -0.05) is 48.5 Å². The van der Waals surface area contributed by atoms with Gasteiger partial charge in [0.15, 0.2) is 0 Å². The smallest absolute Gasteiger partial charge is 0.229 e. The normalized spacial score (nSPS) is 10.1. The molecule has 0 unspecified atom stereocenters. The molecule has 3 aromatic carbocycles. The van der Waals surface area contributed by atoms with E-state index < -0.39 is 0 Å². The van der Waals surface area contributed by atoms with Gasteiger partial charge in [-0.05, 0) is 36.4 Å². The minimum absolute atomic E-state index is 0. The number of para-hydroxylation sites is 3. The molecular weight excluding hydrogens is 332 g/mol. The number of anilines is 4. The SMILES string of the molecule is Cl.c1ccc(Nc2nc(Nc3ccccc3)c3ccccc3n2)cc1. The van der Waals surface area contributed by atoms with Crippen LogP contribution >= 0.6 is 12.4 Å². The van der Waals surface area contributed by atoms with Gasteiger partial charge in [0, 0.05) is 16.8 Å². The van der Waals surface area contributed by atoms with E-state index in [1.165, 1.54) is 0 Å². The number of rotatable bonds is 4. The van der Waals surface area contributed by atoms with Crippen molar-refractivity contribution in [2.75, 3.05) is 10.6 Å². The molecule has 1 heterocycles. The van der Waals surface area contributed by atoms with Crippen molar-refractivity contribution >= 4 is 46.5 Å². The van der Waals surface area contributed by atoms with Crippen LogP contribution in [0, 0.1) is 0 Å². The van der Waals surface area contributed by atoms with Gasteiger partial charge in [-0.2, -0.15) is 4.98 Å². The summed E-state index contributed by atoms with van der Waals surface area (Å²) in [5.41, 5.74) is 2.84. The maximum absolute atomic E-state index is 4.66. The number of halogens is 1. The number of fused-ring (bicyclic) bond motifs is 1. The van der Waals surface area contributed by atoms with E-state index >= 15 is 0 Å². The number of nitrogens with one attached hydrogen (secondary N) is 2. The van der Waals surface area contributed by atoms with Crippen LogP contribution in [0.15, 0.2) is 84.9 Å². The topological polar surface area (TPSA) is 49.8 Å². The van der Waals surface area contributed by atoms with E-state index in [-0.39, 0.29) is 12.4 Å². The molecule has 0 aliphatic heterocycles. The Bertz CT molecular complexity index is 959. The number of aromatic nitrogens is 2. The van der Waals surface area contributed by atoms with Gasteiger partial charge >= 0.3 is 0 Å². The van der Waals surface area contributed by atoms with Crippen LogP contribution in [0.3, 0.4) is 0 Å². The van der Waals surface area contributed by atoms with E-state index in [4.69, 9.17) is 0 Å². The van der Waals surface area contributed by atoms with E-state index in [1.807, 2.05) is 84.9 Å². The molecule has 0 atom stereocenters. The predicted molar refractivity (Wildman–Crippen MR) is 106 cm³/mol. The quantitative estimate of drug-likeness (QED) is 0.508. The summed E-state index contributed by atoms with van der Waals surface area (Å²) in [6.07, 6.45) is 0. The monoisotopic (exact) mass is 348 g/mol. The van der Waals surface area contributed by atoms with Crippen LogP contribution in [-0.2, 0) is 0 Å². The summed E-state index contributed by atoms with van der Waals surface area (Å²) < 4.78 is 0. The van der Waals surface area contributed by atoms with Crippen LogP contribution in [0.25, 0.3) is 10.9 Å². The maximum atomic E-state index is 4.66. The largest absolute Gasteiger partial charge is 0.340 e. The molecule has 124 valence electrons. The van der Waals surface area contributed by atoms with E-state index in [9.17, 15) is 0 Å². The molecule has 0 bridgehead atoms. The fourth-order valence-corrected chi connectivity index (χ4v) is 2.54. The summed E-state index contributed by atoms with van der Waals surface area (Å²) in [6.45, 7) is 0. The van der Waals surface area contributed by atoms with E-state index in [2.05, 4.69) is 20.6 Å². The standard InChI is InChI=1S/C20H16N4.ClH/c1-3-9-15(10-4-1)21-19-17-13-7-8-14-18(17)23-20(24-19)22-16-11-5-2-6-12-16;/h1-14H,(H2,21,22,23,24);1H. The van der Waals surface area contributed by atoms with Crippen molar-refractivity contribution in [2.24, 2.45) is 0 Å². The Balaban J connectivity index is 0.00000182. The molecule has 0 amide bonds. The van der Waals surface area contributed by atoms with Crippen molar-refractivity contribution in [3.05, 3.63) is 84.9 Å². The molecule has 4 nitrogen and oxygen atoms in total. The average Bonchev–Trinajstić information content (AvgIpc) is 2.63. The Morgan fingerprint density at radius 1 is 0.560 bits per heavy atom. The fourth-order valence-electron chi connectivity index (χ4n) is 2.54. The third-order valence-electron chi connectivity index (χ3n) is 3.67. The lowest BCUT2D eigenvalue weighted by atomic mass is 10.2.